The molecular weight excluding hydrogens is 525 g/mol. The van der Waals surface area contributed by atoms with Crippen molar-refractivity contribution in [2.45, 2.75) is 39.3 Å². The standard InChI is InChI=1S/C29H31Cl2N3O4/c1-19(2)18-37-24-12-9-22(10-13-24)17-32-34-29(36)26(15-21-7-5-4-6-8-21)33-28(35)20(3)38-27-14-11-23(30)16-25(27)31/h4-14,16-17,19-20,26H,15,18H2,1-3H3,(H,33,35)(H,34,36)/b32-17-/t20-,26-/m1/s1. The molecular formula is C29H31Cl2N3O4. The van der Waals surface area contributed by atoms with E-state index in [1.165, 1.54) is 12.3 Å². The van der Waals surface area contributed by atoms with Gasteiger partial charge in [0.15, 0.2) is 6.10 Å². The van der Waals surface area contributed by atoms with Gasteiger partial charge in [-0.3, -0.25) is 9.59 Å². The van der Waals surface area contributed by atoms with E-state index in [0.717, 1.165) is 16.9 Å². The SMILES string of the molecule is CC(C)COc1ccc(/C=N\NC(=O)[C@@H](Cc2ccccc2)NC(=O)[C@@H](C)Oc2ccc(Cl)cc2Cl)cc1. The first kappa shape index (κ1) is 29.0. The van der Waals surface area contributed by atoms with Gasteiger partial charge in [0.05, 0.1) is 17.8 Å². The van der Waals surface area contributed by atoms with E-state index in [-0.39, 0.29) is 11.4 Å². The average molecular weight is 556 g/mol. The summed E-state index contributed by atoms with van der Waals surface area (Å²) in [6, 6.07) is 20.6. The lowest BCUT2D eigenvalue weighted by Gasteiger charge is -2.21. The topological polar surface area (TPSA) is 89.0 Å². The highest BCUT2D eigenvalue weighted by Crippen LogP contribution is 2.28. The fraction of sp³-hybridized carbons (Fsp3) is 0.276. The molecule has 0 unspecified atom stereocenters. The Morgan fingerprint density at radius 2 is 1.66 bits per heavy atom. The van der Waals surface area contributed by atoms with Gasteiger partial charge in [0.25, 0.3) is 11.8 Å². The van der Waals surface area contributed by atoms with Gasteiger partial charge in [0.2, 0.25) is 0 Å². The van der Waals surface area contributed by atoms with Crippen LogP contribution in [0.5, 0.6) is 11.5 Å². The number of ether oxygens (including phenoxy) is 2. The molecule has 0 aliphatic rings. The number of nitrogens with one attached hydrogen (secondary N) is 2. The Balaban J connectivity index is 1.63. The lowest BCUT2D eigenvalue weighted by Crippen LogP contribution is -2.50. The third-order valence-corrected chi connectivity index (χ3v) is 5.86. The maximum absolute atomic E-state index is 13.0. The molecule has 0 bridgehead atoms. The maximum atomic E-state index is 13.0. The molecule has 2 atom stereocenters. The van der Waals surface area contributed by atoms with Crippen molar-refractivity contribution < 1.29 is 19.1 Å². The molecule has 0 aromatic heterocycles. The first-order valence-corrected chi connectivity index (χ1v) is 13.0. The summed E-state index contributed by atoms with van der Waals surface area (Å²) in [6.45, 7) is 6.37. The van der Waals surface area contributed by atoms with Gasteiger partial charge >= 0.3 is 0 Å². The van der Waals surface area contributed by atoms with Crippen LogP contribution >= 0.6 is 23.2 Å². The molecule has 0 radical (unpaired) electrons. The van der Waals surface area contributed by atoms with Crippen molar-refractivity contribution in [3.05, 3.63) is 94.0 Å². The molecule has 3 aromatic rings. The Bertz CT molecular complexity index is 1230. The van der Waals surface area contributed by atoms with Crippen LogP contribution < -0.4 is 20.2 Å². The van der Waals surface area contributed by atoms with Crippen molar-refractivity contribution in [3.8, 4) is 11.5 Å². The van der Waals surface area contributed by atoms with Crippen LogP contribution in [0.15, 0.2) is 77.9 Å². The van der Waals surface area contributed by atoms with E-state index < -0.39 is 24.0 Å². The third kappa shape index (κ3) is 9.39. The van der Waals surface area contributed by atoms with E-state index in [4.69, 9.17) is 32.7 Å². The zero-order chi connectivity index (χ0) is 27.5. The molecule has 0 aliphatic carbocycles. The van der Waals surface area contributed by atoms with Crippen LogP contribution in [0.4, 0.5) is 0 Å². The van der Waals surface area contributed by atoms with Gasteiger partial charge in [-0.2, -0.15) is 5.10 Å². The number of nitrogens with zero attached hydrogens (tertiary/aromatic N) is 1. The summed E-state index contributed by atoms with van der Waals surface area (Å²) in [5.74, 6) is 0.565. The van der Waals surface area contributed by atoms with Crippen LogP contribution in [0.25, 0.3) is 0 Å². The fourth-order valence-corrected chi connectivity index (χ4v) is 3.78. The molecule has 9 heteroatoms. The predicted octanol–water partition coefficient (Wildman–Crippen LogP) is 5.67. The minimum atomic E-state index is -0.917. The molecule has 7 nitrogen and oxygen atoms in total. The second-order valence-corrected chi connectivity index (χ2v) is 9.94. The van der Waals surface area contributed by atoms with Crippen molar-refractivity contribution in [1.29, 1.82) is 0 Å². The van der Waals surface area contributed by atoms with Crippen LogP contribution in [0, 0.1) is 5.92 Å². The van der Waals surface area contributed by atoms with E-state index in [1.807, 2.05) is 54.6 Å². The van der Waals surface area contributed by atoms with Gasteiger partial charge in [0.1, 0.15) is 17.5 Å². The number of carbonyl (C=O) groups excluding carboxylic acids is 2. The van der Waals surface area contributed by atoms with Crippen LogP contribution in [-0.4, -0.2) is 36.8 Å². The Labute approximate surface area is 233 Å². The van der Waals surface area contributed by atoms with Crippen LogP contribution in [0.3, 0.4) is 0 Å². The van der Waals surface area contributed by atoms with E-state index >= 15 is 0 Å². The average Bonchev–Trinajstić information content (AvgIpc) is 2.89. The summed E-state index contributed by atoms with van der Waals surface area (Å²) in [5, 5.41) is 7.57. The third-order valence-electron chi connectivity index (χ3n) is 5.33. The van der Waals surface area contributed by atoms with Crippen LogP contribution in [0.2, 0.25) is 10.0 Å². The zero-order valence-electron chi connectivity index (χ0n) is 21.5. The van der Waals surface area contributed by atoms with Crippen molar-refractivity contribution in [1.82, 2.24) is 10.7 Å². The first-order chi connectivity index (χ1) is 18.2. The first-order valence-electron chi connectivity index (χ1n) is 12.2. The highest BCUT2D eigenvalue weighted by Gasteiger charge is 2.25. The number of hydrazone groups is 1. The van der Waals surface area contributed by atoms with Crippen LogP contribution in [0.1, 0.15) is 31.9 Å². The monoisotopic (exact) mass is 555 g/mol. The molecule has 0 spiro atoms. The number of amides is 2. The number of hydrogen-bond acceptors (Lipinski definition) is 5. The molecule has 38 heavy (non-hydrogen) atoms. The molecule has 3 rings (SSSR count). The van der Waals surface area contributed by atoms with Crippen LogP contribution in [-0.2, 0) is 16.0 Å². The quantitative estimate of drug-likeness (QED) is 0.222. The lowest BCUT2D eigenvalue weighted by molar-refractivity contribution is -0.132. The fourth-order valence-electron chi connectivity index (χ4n) is 3.32. The van der Waals surface area contributed by atoms with Crippen molar-refractivity contribution in [3.63, 3.8) is 0 Å². The summed E-state index contributed by atoms with van der Waals surface area (Å²) in [6.07, 6.45) is 0.879. The molecule has 0 aliphatic heterocycles. The molecule has 2 N–H and O–H groups in total. The smallest absolute Gasteiger partial charge is 0.262 e. The van der Waals surface area contributed by atoms with E-state index in [1.54, 1.807) is 19.1 Å². The second-order valence-electron chi connectivity index (χ2n) is 9.09. The number of benzene rings is 3. The molecule has 2 amide bonds. The second kappa shape index (κ2) is 14.4. The number of hydrogen-bond donors (Lipinski definition) is 2. The lowest BCUT2D eigenvalue weighted by atomic mass is 10.1. The number of carbonyl (C=O) groups is 2. The maximum Gasteiger partial charge on any atom is 0.262 e. The van der Waals surface area contributed by atoms with Gasteiger partial charge in [-0.05, 0) is 66.4 Å². The highest BCUT2D eigenvalue weighted by atomic mass is 35.5. The Hall–Kier alpha value is -3.55. The van der Waals surface area contributed by atoms with Gasteiger partial charge in [0, 0.05) is 11.4 Å². The molecule has 3 aromatic carbocycles. The largest absolute Gasteiger partial charge is 0.493 e. The number of halogens is 2. The van der Waals surface area contributed by atoms with Gasteiger partial charge < -0.3 is 14.8 Å². The zero-order valence-corrected chi connectivity index (χ0v) is 23.0. The van der Waals surface area contributed by atoms with Gasteiger partial charge in [-0.15, -0.1) is 0 Å². The van der Waals surface area contributed by atoms with Crippen molar-refractivity contribution in [2.75, 3.05) is 6.61 Å². The van der Waals surface area contributed by atoms with E-state index in [9.17, 15) is 9.59 Å². The Morgan fingerprint density at radius 3 is 2.32 bits per heavy atom. The highest BCUT2D eigenvalue weighted by molar-refractivity contribution is 6.35. The van der Waals surface area contributed by atoms with Gasteiger partial charge in [-0.25, -0.2) is 5.43 Å². The predicted molar refractivity (Wildman–Crippen MR) is 151 cm³/mol. The van der Waals surface area contributed by atoms with E-state index in [2.05, 4.69) is 29.7 Å². The summed E-state index contributed by atoms with van der Waals surface area (Å²) in [5.41, 5.74) is 4.19. The normalized spacial score (nSPS) is 12.7. The summed E-state index contributed by atoms with van der Waals surface area (Å²) < 4.78 is 11.4. The molecule has 0 heterocycles. The summed E-state index contributed by atoms with van der Waals surface area (Å²) in [7, 11) is 0. The molecule has 0 fully saturated rings. The molecule has 0 saturated heterocycles. The van der Waals surface area contributed by atoms with E-state index in [0.29, 0.717) is 23.3 Å². The summed E-state index contributed by atoms with van der Waals surface area (Å²) in [4.78, 5) is 25.9. The van der Waals surface area contributed by atoms with Gasteiger partial charge in [-0.1, -0.05) is 67.4 Å². The van der Waals surface area contributed by atoms with Crippen molar-refractivity contribution >= 4 is 41.2 Å². The number of rotatable bonds is 12. The molecule has 200 valence electrons. The Morgan fingerprint density at radius 1 is 0.947 bits per heavy atom. The Kier molecular flexibility index (Phi) is 11.0. The minimum Gasteiger partial charge on any atom is -0.493 e. The summed E-state index contributed by atoms with van der Waals surface area (Å²) >= 11 is 12.1. The van der Waals surface area contributed by atoms with Crippen molar-refractivity contribution in [2.24, 2.45) is 11.0 Å². The minimum absolute atomic E-state index is 0.268. The molecule has 0 saturated carbocycles.